The Hall–Kier alpha value is -0.120. The van der Waals surface area contributed by atoms with Crippen LogP contribution in [-0.2, 0) is 4.74 Å². The molecule has 0 spiro atoms. The largest absolute Gasteiger partial charge is 0.380 e. The molecule has 2 fully saturated rings. The average molecular weight is 184 g/mol. The van der Waals surface area contributed by atoms with Crippen LogP contribution in [0.5, 0.6) is 0 Å². The van der Waals surface area contributed by atoms with Gasteiger partial charge in [-0.15, -0.1) is 0 Å². The van der Waals surface area contributed by atoms with E-state index in [1.165, 1.54) is 38.9 Å². The lowest BCUT2D eigenvalue weighted by atomic mass is 10.2. The molecule has 2 aliphatic rings. The topological polar surface area (TPSA) is 24.5 Å². The lowest BCUT2D eigenvalue weighted by Gasteiger charge is -2.22. The van der Waals surface area contributed by atoms with Crippen LogP contribution in [0.4, 0.5) is 0 Å². The Balaban J connectivity index is 1.71. The predicted molar refractivity (Wildman–Crippen MR) is 52.9 cm³/mol. The van der Waals surface area contributed by atoms with Gasteiger partial charge < -0.3 is 10.1 Å². The summed E-state index contributed by atoms with van der Waals surface area (Å²) in [5.74, 6) is 0. The number of nitrogens with zero attached hydrogens (tertiary/aromatic N) is 1. The van der Waals surface area contributed by atoms with E-state index in [4.69, 9.17) is 4.74 Å². The summed E-state index contributed by atoms with van der Waals surface area (Å²) in [5, 5.41) is 3.54. The maximum atomic E-state index is 5.43. The van der Waals surface area contributed by atoms with E-state index in [9.17, 15) is 0 Å². The molecule has 0 aliphatic carbocycles. The van der Waals surface area contributed by atoms with Gasteiger partial charge in [-0.25, -0.2) is 0 Å². The third-order valence-corrected chi connectivity index (χ3v) is 2.96. The van der Waals surface area contributed by atoms with Gasteiger partial charge in [-0.1, -0.05) is 0 Å². The van der Waals surface area contributed by atoms with Crippen molar-refractivity contribution in [2.24, 2.45) is 0 Å². The van der Waals surface area contributed by atoms with Crippen LogP contribution in [-0.4, -0.2) is 50.3 Å². The van der Waals surface area contributed by atoms with E-state index in [0.717, 1.165) is 25.8 Å². The molecule has 1 atom stereocenters. The van der Waals surface area contributed by atoms with Crippen molar-refractivity contribution in [3.8, 4) is 0 Å². The van der Waals surface area contributed by atoms with Crippen molar-refractivity contribution >= 4 is 0 Å². The maximum absolute atomic E-state index is 5.43. The van der Waals surface area contributed by atoms with E-state index in [1.54, 1.807) is 0 Å². The molecular weight excluding hydrogens is 164 g/mol. The van der Waals surface area contributed by atoms with Gasteiger partial charge >= 0.3 is 0 Å². The molecule has 0 bridgehead atoms. The first-order chi connectivity index (χ1) is 6.45. The number of rotatable bonds is 2. The van der Waals surface area contributed by atoms with Crippen LogP contribution in [0.25, 0.3) is 0 Å². The summed E-state index contributed by atoms with van der Waals surface area (Å²) < 4.78 is 5.43. The van der Waals surface area contributed by atoms with Crippen molar-refractivity contribution in [1.29, 1.82) is 0 Å². The maximum Gasteiger partial charge on any atom is 0.0593 e. The van der Waals surface area contributed by atoms with Crippen molar-refractivity contribution in [2.75, 3.05) is 39.4 Å². The predicted octanol–water partition coefficient (Wildman–Crippen LogP) is 0.461. The molecule has 2 saturated heterocycles. The van der Waals surface area contributed by atoms with Gasteiger partial charge in [0.05, 0.1) is 6.61 Å². The van der Waals surface area contributed by atoms with Gasteiger partial charge in [0.1, 0.15) is 0 Å². The van der Waals surface area contributed by atoms with E-state index in [1.807, 2.05) is 0 Å². The zero-order chi connectivity index (χ0) is 8.93. The van der Waals surface area contributed by atoms with Gasteiger partial charge in [0, 0.05) is 32.3 Å². The van der Waals surface area contributed by atoms with E-state index < -0.39 is 0 Å². The summed E-state index contributed by atoms with van der Waals surface area (Å²) in [6.45, 7) is 6.66. The Bertz CT molecular complexity index is 138. The second kappa shape index (κ2) is 4.94. The van der Waals surface area contributed by atoms with Crippen molar-refractivity contribution in [3.63, 3.8) is 0 Å². The SMILES string of the molecule is C1CN[C@H](CN2CCCOCC2)C1. The van der Waals surface area contributed by atoms with Crippen LogP contribution in [0.2, 0.25) is 0 Å². The van der Waals surface area contributed by atoms with Crippen LogP contribution < -0.4 is 5.32 Å². The number of ether oxygens (including phenoxy) is 1. The molecule has 0 saturated carbocycles. The Morgan fingerprint density at radius 1 is 1.23 bits per heavy atom. The Kier molecular flexibility index (Phi) is 3.58. The fraction of sp³-hybridized carbons (Fsp3) is 1.00. The normalized spacial score (nSPS) is 31.8. The van der Waals surface area contributed by atoms with Crippen molar-refractivity contribution < 1.29 is 4.74 Å². The van der Waals surface area contributed by atoms with Gasteiger partial charge in [-0.05, 0) is 25.8 Å². The summed E-state index contributed by atoms with van der Waals surface area (Å²) in [6, 6.07) is 0.748. The van der Waals surface area contributed by atoms with Gasteiger partial charge in [0.15, 0.2) is 0 Å². The van der Waals surface area contributed by atoms with E-state index in [-0.39, 0.29) is 0 Å². The quantitative estimate of drug-likeness (QED) is 0.675. The molecule has 0 radical (unpaired) electrons. The molecule has 3 nitrogen and oxygen atoms in total. The van der Waals surface area contributed by atoms with E-state index in [2.05, 4.69) is 10.2 Å². The van der Waals surface area contributed by atoms with Crippen LogP contribution in [0, 0.1) is 0 Å². The third kappa shape index (κ3) is 2.93. The first kappa shape index (κ1) is 9.44. The minimum atomic E-state index is 0.748. The standard InChI is InChI=1S/C10H20N2O/c1-3-10(11-4-1)9-12-5-2-7-13-8-6-12/h10-11H,1-9H2/t10-/m0/s1. The Morgan fingerprint density at radius 2 is 2.23 bits per heavy atom. The van der Waals surface area contributed by atoms with Gasteiger partial charge in [-0.3, -0.25) is 4.90 Å². The van der Waals surface area contributed by atoms with Crippen molar-refractivity contribution in [3.05, 3.63) is 0 Å². The highest BCUT2D eigenvalue weighted by Crippen LogP contribution is 2.08. The van der Waals surface area contributed by atoms with Gasteiger partial charge in [0.2, 0.25) is 0 Å². The zero-order valence-electron chi connectivity index (χ0n) is 8.30. The van der Waals surface area contributed by atoms with E-state index in [0.29, 0.717) is 0 Å². The lowest BCUT2D eigenvalue weighted by molar-refractivity contribution is 0.140. The molecule has 2 aliphatic heterocycles. The first-order valence-corrected chi connectivity index (χ1v) is 5.48. The smallest absolute Gasteiger partial charge is 0.0593 e. The highest BCUT2D eigenvalue weighted by Gasteiger charge is 2.18. The van der Waals surface area contributed by atoms with Crippen molar-refractivity contribution in [1.82, 2.24) is 10.2 Å². The highest BCUT2D eigenvalue weighted by molar-refractivity contribution is 4.78. The molecule has 1 N–H and O–H groups in total. The van der Waals surface area contributed by atoms with Crippen LogP contribution in [0.1, 0.15) is 19.3 Å². The second-order valence-electron chi connectivity index (χ2n) is 4.06. The number of nitrogens with one attached hydrogen (secondary N) is 1. The van der Waals surface area contributed by atoms with Crippen molar-refractivity contribution in [2.45, 2.75) is 25.3 Å². The van der Waals surface area contributed by atoms with Gasteiger partial charge in [-0.2, -0.15) is 0 Å². The van der Waals surface area contributed by atoms with E-state index >= 15 is 0 Å². The molecule has 0 unspecified atom stereocenters. The summed E-state index contributed by atoms with van der Waals surface area (Å²) in [5.41, 5.74) is 0. The third-order valence-electron chi connectivity index (χ3n) is 2.96. The summed E-state index contributed by atoms with van der Waals surface area (Å²) in [4.78, 5) is 2.54. The fourth-order valence-electron chi connectivity index (χ4n) is 2.20. The Morgan fingerprint density at radius 3 is 3.08 bits per heavy atom. The number of hydrogen-bond donors (Lipinski definition) is 1. The monoisotopic (exact) mass is 184 g/mol. The number of hydrogen-bond acceptors (Lipinski definition) is 3. The summed E-state index contributed by atoms with van der Waals surface area (Å²) in [7, 11) is 0. The van der Waals surface area contributed by atoms with Gasteiger partial charge in [0.25, 0.3) is 0 Å². The molecule has 0 aromatic rings. The molecule has 3 heteroatoms. The van der Waals surface area contributed by atoms with Crippen LogP contribution >= 0.6 is 0 Å². The first-order valence-electron chi connectivity index (χ1n) is 5.48. The summed E-state index contributed by atoms with van der Waals surface area (Å²) >= 11 is 0. The minimum Gasteiger partial charge on any atom is -0.380 e. The molecule has 13 heavy (non-hydrogen) atoms. The summed E-state index contributed by atoms with van der Waals surface area (Å²) in [6.07, 6.45) is 3.92. The molecule has 0 amide bonds. The molecule has 2 heterocycles. The zero-order valence-corrected chi connectivity index (χ0v) is 8.30. The molecule has 0 aromatic heterocycles. The molecule has 76 valence electrons. The van der Waals surface area contributed by atoms with Crippen LogP contribution in [0.15, 0.2) is 0 Å². The molecular formula is C10H20N2O. The van der Waals surface area contributed by atoms with Crippen LogP contribution in [0.3, 0.4) is 0 Å². The minimum absolute atomic E-state index is 0.748. The molecule has 0 aromatic carbocycles. The highest BCUT2D eigenvalue weighted by atomic mass is 16.5. The molecule has 2 rings (SSSR count). The Labute approximate surface area is 80.4 Å². The fourth-order valence-corrected chi connectivity index (χ4v) is 2.20. The average Bonchev–Trinajstić information content (AvgIpc) is 2.49. The lowest BCUT2D eigenvalue weighted by Crippen LogP contribution is -2.38. The second-order valence-corrected chi connectivity index (χ2v) is 4.06.